The Morgan fingerprint density at radius 3 is 1.04 bits per heavy atom. The summed E-state index contributed by atoms with van der Waals surface area (Å²) in [5.41, 5.74) is 19.0. The molecule has 0 aromatic heterocycles. The van der Waals surface area contributed by atoms with Crippen molar-refractivity contribution in [1.82, 2.24) is 0 Å². The van der Waals surface area contributed by atoms with Gasteiger partial charge < -0.3 is 17.2 Å². The van der Waals surface area contributed by atoms with Crippen LogP contribution in [0.3, 0.4) is 0 Å². The molecule has 3 fully saturated rings. The molecule has 3 heteroatoms. The predicted octanol–water partition coefficient (Wildman–Crippen LogP) is 3.89. The highest BCUT2D eigenvalue weighted by molar-refractivity contribution is 4.95. The molecule has 3 rings (SSSR count). The van der Waals surface area contributed by atoms with E-state index < -0.39 is 0 Å². The van der Waals surface area contributed by atoms with Gasteiger partial charge in [-0.3, -0.25) is 0 Å². The molecule has 0 saturated heterocycles. The van der Waals surface area contributed by atoms with E-state index in [1.54, 1.807) is 0 Å². The van der Waals surface area contributed by atoms with E-state index in [0.29, 0.717) is 35.9 Å². The van der Waals surface area contributed by atoms with E-state index in [1.807, 2.05) is 0 Å². The molecule has 9 atom stereocenters. The Kier molecular flexibility index (Phi) is 6.50. The van der Waals surface area contributed by atoms with Gasteiger partial charge in [-0.15, -0.1) is 0 Å². The van der Waals surface area contributed by atoms with Crippen LogP contribution in [0.15, 0.2) is 0 Å². The maximum atomic E-state index is 6.34. The highest BCUT2D eigenvalue weighted by atomic mass is 14.7. The van der Waals surface area contributed by atoms with Gasteiger partial charge >= 0.3 is 0 Å². The van der Waals surface area contributed by atoms with Crippen molar-refractivity contribution in [1.29, 1.82) is 0 Å². The second-order valence-electron chi connectivity index (χ2n) is 10.2. The van der Waals surface area contributed by atoms with Gasteiger partial charge in [-0.1, -0.05) is 20.8 Å². The number of hydrogen-bond donors (Lipinski definition) is 3. The average Bonchev–Trinajstić information content (AvgIpc) is 2.57. The van der Waals surface area contributed by atoms with Gasteiger partial charge in [0, 0.05) is 18.1 Å². The van der Waals surface area contributed by atoms with Crippen LogP contribution in [0.1, 0.15) is 78.6 Å². The smallest absolute Gasteiger partial charge is 0.00647 e. The fourth-order valence-electron chi connectivity index (χ4n) is 6.59. The minimum atomic E-state index is 0.425. The third-order valence-corrected chi connectivity index (χ3v) is 8.46. The van der Waals surface area contributed by atoms with Gasteiger partial charge in [0.1, 0.15) is 0 Å². The van der Waals surface area contributed by atoms with Crippen molar-refractivity contribution in [2.75, 3.05) is 0 Å². The predicted molar refractivity (Wildman–Crippen MR) is 107 cm³/mol. The normalized spacial score (nSPS) is 50.4. The summed E-state index contributed by atoms with van der Waals surface area (Å²) in [5, 5.41) is 0. The Labute approximate surface area is 155 Å². The Hall–Kier alpha value is -0.120. The molecule has 3 saturated carbocycles. The van der Waals surface area contributed by atoms with Crippen molar-refractivity contribution in [3.63, 3.8) is 0 Å². The van der Waals surface area contributed by atoms with E-state index in [2.05, 4.69) is 20.8 Å². The summed E-state index contributed by atoms with van der Waals surface area (Å²) < 4.78 is 0. The first-order valence-corrected chi connectivity index (χ1v) is 11.1. The highest BCUT2D eigenvalue weighted by Gasteiger charge is 2.42. The summed E-state index contributed by atoms with van der Waals surface area (Å²) in [4.78, 5) is 0. The zero-order chi connectivity index (χ0) is 18.1. The van der Waals surface area contributed by atoms with Crippen molar-refractivity contribution >= 4 is 0 Å². The van der Waals surface area contributed by atoms with Crippen molar-refractivity contribution in [3.05, 3.63) is 0 Å². The SMILES string of the molecule is CC1CC(C(C2CCC(N)C(C)C2)C2CCC(N)C(C)C2)CCC1N. The van der Waals surface area contributed by atoms with E-state index in [4.69, 9.17) is 17.2 Å². The molecule has 0 bridgehead atoms. The average molecular weight is 350 g/mol. The third-order valence-electron chi connectivity index (χ3n) is 8.46. The molecule has 146 valence electrons. The monoisotopic (exact) mass is 349 g/mol. The van der Waals surface area contributed by atoms with Gasteiger partial charge in [-0.2, -0.15) is 0 Å². The molecule has 3 nitrogen and oxygen atoms in total. The van der Waals surface area contributed by atoms with Crippen LogP contribution in [0.5, 0.6) is 0 Å². The lowest BCUT2D eigenvalue weighted by Gasteiger charge is -2.48. The molecule has 9 unspecified atom stereocenters. The molecular weight excluding hydrogens is 306 g/mol. The van der Waals surface area contributed by atoms with Crippen molar-refractivity contribution < 1.29 is 0 Å². The quantitative estimate of drug-likeness (QED) is 0.723. The van der Waals surface area contributed by atoms with E-state index in [-0.39, 0.29) is 0 Å². The molecule has 0 aromatic carbocycles. The van der Waals surface area contributed by atoms with Gasteiger partial charge in [0.05, 0.1) is 0 Å². The Bertz CT molecular complexity index is 364. The molecule has 6 N–H and O–H groups in total. The van der Waals surface area contributed by atoms with E-state index in [0.717, 1.165) is 23.7 Å². The van der Waals surface area contributed by atoms with Gasteiger partial charge in [0.25, 0.3) is 0 Å². The van der Waals surface area contributed by atoms with Crippen LogP contribution in [0.2, 0.25) is 0 Å². The van der Waals surface area contributed by atoms with Gasteiger partial charge in [-0.25, -0.2) is 0 Å². The maximum Gasteiger partial charge on any atom is 0.00647 e. The zero-order valence-electron chi connectivity index (χ0n) is 16.9. The van der Waals surface area contributed by atoms with Crippen LogP contribution in [-0.2, 0) is 0 Å². The van der Waals surface area contributed by atoms with Crippen LogP contribution in [0, 0.1) is 41.4 Å². The van der Waals surface area contributed by atoms with Crippen LogP contribution < -0.4 is 17.2 Å². The first kappa shape index (κ1) is 19.6. The first-order valence-electron chi connectivity index (χ1n) is 11.1. The Morgan fingerprint density at radius 1 is 0.520 bits per heavy atom. The second-order valence-corrected chi connectivity index (χ2v) is 10.2. The van der Waals surface area contributed by atoms with Crippen molar-refractivity contribution in [2.45, 2.75) is 96.7 Å². The summed E-state index contributed by atoms with van der Waals surface area (Å²) in [6.45, 7) is 7.14. The van der Waals surface area contributed by atoms with Crippen LogP contribution in [0.25, 0.3) is 0 Å². The van der Waals surface area contributed by atoms with E-state index >= 15 is 0 Å². The molecule has 25 heavy (non-hydrogen) atoms. The molecule has 0 heterocycles. The second kappa shape index (κ2) is 8.27. The van der Waals surface area contributed by atoms with Crippen LogP contribution >= 0.6 is 0 Å². The van der Waals surface area contributed by atoms with Gasteiger partial charge in [0.15, 0.2) is 0 Å². The molecule has 0 amide bonds. The minimum absolute atomic E-state index is 0.425. The summed E-state index contributed by atoms with van der Waals surface area (Å²) in [7, 11) is 0. The molecule has 3 aliphatic rings. The van der Waals surface area contributed by atoms with Gasteiger partial charge in [0.2, 0.25) is 0 Å². The van der Waals surface area contributed by atoms with Crippen LogP contribution in [0.4, 0.5) is 0 Å². The summed E-state index contributed by atoms with van der Waals surface area (Å²) in [5.74, 6) is 5.60. The molecular formula is C22H43N3. The summed E-state index contributed by atoms with van der Waals surface area (Å²) in [6.07, 6.45) is 11.8. The lowest BCUT2D eigenvalue weighted by atomic mass is 9.58. The van der Waals surface area contributed by atoms with Gasteiger partial charge in [-0.05, 0) is 99.2 Å². The number of rotatable bonds is 3. The molecule has 0 spiro atoms. The van der Waals surface area contributed by atoms with Crippen molar-refractivity contribution in [2.24, 2.45) is 58.6 Å². The highest BCUT2D eigenvalue weighted by Crippen LogP contribution is 2.49. The van der Waals surface area contributed by atoms with E-state index in [1.165, 1.54) is 57.8 Å². The minimum Gasteiger partial charge on any atom is -0.327 e. The fraction of sp³-hybridized carbons (Fsp3) is 1.00. The molecule has 0 aromatic rings. The molecule has 3 aliphatic carbocycles. The van der Waals surface area contributed by atoms with E-state index in [9.17, 15) is 0 Å². The lowest BCUT2D eigenvalue weighted by Crippen LogP contribution is -2.46. The fourth-order valence-corrected chi connectivity index (χ4v) is 6.59. The topological polar surface area (TPSA) is 78.1 Å². The standard InChI is InChI=1S/C22H43N3/c1-13-10-16(4-7-19(13)23)22(17-5-8-20(24)14(2)11-17)18-6-9-21(25)15(3)12-18/h13-22H,4-12,23-25H2,1-3H3. The summed E-state index contributed by atoms with van der Waals surface area (Å²) in [6, 6.07) is 1.28. The Morgan fingerprint density at radius 2 is 0.800 bits per heavy atom. The van der Waals surface area contributed by atoms with Crippen molar-refractivity contribution in [3.8, 4) is 0 Å². The first-order chi connectivity index (χ1) is 11.9. The third kappa shape index (κ3) is 4.42. The lowest BCUT2D eigenvalue weighted by molar-refractivity contribution is 0.0271. The number of hydrogen-bond acceptors (Lipinski definition) is 3. The van der Waals surface area contributed by atoms with Crippen LogP contribution in [-0.4, -0.2) is 18.1 Å². The Balaban J connectivity index is 1.76. The molecule has 0 radical (unpaired) electrons. The maximum absolute atomic E-state index is 6.34. The number of nitrogens with two attached hydrogens (primary N) is 3. The zero-order valence-corrected chi connectivity index (χ0v) is 16.9. The largest absolute Gasteiger partial charge is 0.327 e. The molecule has 0 aliphatic heterocycles. The summed E-state index contributed by atoms with van der Waals surface area (Å²) >= 11 is 0.